The zero-order chi connectivity index (χ0) is 11.3. The van der Waals surface area contributed by atoms with E-state index in [2.05, 4.69) is 19.2 Å². The minimum absolute atomic E-state index is 0.0684. The molecule has 1 saturated heterocycles. The molecule has 1 N–H and O–H groups in total. The van der Waals surface area contributed by atoms with Crippen molar-refractivity contribution < 1.29 is 9.18 Å². The Bertz CT molecular complexity index is 205. The highest BCUT2D eigenvalue weighted by molar-refractivity contribution is 5.82. The molecule has 0 aromatic heterocycles. The Labute approximate surface area is 91.0 Å². The van der Waals surface area contributed by atoms with Crippen LogP contribution in [0.25, 0.3) is 0 Å². The topological polar surface area (TPSA) is 32.3 Å². The summed E-state index contributed by atoms with van der Waals surface area (Å²) in [6.07, 6.45) is 1.39. The van der Waals surface area contributed by atoms with Gasteiger partial charge in [-0.15, -0.1) is 0 Å². The monoisotopic (exact) mass is 216 g/mol. The van der Waals surface area contributed by atoms with Crippen LogP contribution in [0.5, 0.6) is 0 Å². The standard InChI is InChI=1S/C11H21FN2O/c1-3-5-14(6-4-2)11(15)10-7-9(12)8-13-10/h9-10,13H,3-8H2,1-2H3/t9-,10+/m0/s1. The van der Waals surface area contributed by atoms with Gasteiger partial charge in [0.2, 0.25) is 5.91 Å². The SMILES string of the molecule is CCCN(CCC)C(=O)[C@H]1C[C@H](F)CN1. The molecule has 1 aliphatic heterocycles. The predicted molar refractivity (Wildman–Crippen MR) is 58.5 cm³/mol. The van der Waals surface area contributed by atoms with E-state index in [0.29, 0.717) is 13.0 Å². The van der Waals surface area contributed by atoms with Gasteiger partial charge in [0.1, 0.15) is 6.17 Å². The summed E-state index contributed by atoms with van der Waals surface area (Å²) in [6.45, 7) is 5.98. The van der Waals surface area contributed by atoms with Crippen LogP contribution >= 0.6 is 0 Å². The minimum Gasteiger partial charge on any atom is -0.341 e. The van der Waals surface area contributed by atoms with E-state index in [1.54, 1.807) is 0 Å². The van der Waals surface area contributed by atoms with Gasteiger partial charge in [0, 0.05) is 26.1 Å². The molecule has 0 saturated carbocycles. The highest BCUT2D eigenvalue weighted by Gasteiger charge is 2.31. The van der Waals surface area contributed by atoms with Gasteiger partial charge in [0.25, 0.3) is 0 Å². The van der Waals surface area contributed by atoms with Gasteiger partial charge in [-0.1, -0.05) is 13.8 Å². The number of halogens is 1. The lowest BCUT2D eigenvalue weighted by atomic mass is 10.2. The average Bonchev–Trinajstić information content (AvgIpc) is 2.63. The maximum atomic E-state index is 12.9. The second-order valence-electron chi connectivity index (χ2n) is 4.12. The van der Waals surface area contributed by atoms with E-state index >= 15 is 0 Å². The summed E-state index contributed by atoms with van der Waals surface area (Å²) in [5.74, 6) is 0.0684. The van der Waals surface area contributed by atoms with E-state index in [-0.39, 0.29) is 11.9 Å². The largest absolute Gasteiger partial charge is 0.341 e. The highest BCUT2D eigenvalue weighted by atomic mass is 19.1. The fraction of sp³-hybridized carbons (Fsp3) is 0.909. The van der Waals surface area contributed by atoms with E-state index in [4.69, 9.17) is 0 Å². The fourth-order valence-corrected chi connectivity index (χ4v) is 1.97. The van der Waals surface area contributed by atoms with Crippen molar-refractivity contribution in [1.82, 2.24) is 10.2 Å². The Morgan fingerprint density at radius 3 is 2.40 bits per heavy atom. The molecule has 1 amide bonds. The van der Waals surface area contributed by atoms with Crippen LogP contribution < -0.4 is 5.32 Å². The molecule has 1 fully saturated rings. The quantitative estimate of drug-likeness (QED) is 0.752. The van der Waals surface area contributed by atoms with Gasteiger partial charge < -0.3 is 10.2 Å². The third kappa shape index (κ3) is 3.45. The molecule has 1 heterocycles. The summed E-state index contributed by atoms with van der Waals surface area (Å²) in [5.41, 5.74) is 0. The first kappa shape index (κ1) is 12.4. The van der Waals surface area contributed by atoms with Crippen LogP contribution in [-0.2, 0) is 4.79 Å². The lowest BCUT2D eigenvalue weighted by molar-refractivity contribution is -0.133. The van der Waals surface area contributed by atoms with E-state index in [0.717, 1.165) is 25.9 Å². The number of nitrogens with zero attached hydrogens (tertiary/aromatic N) is 1. The van der Waals surface area contributed by atoms with Crippen molar-refractivity contribution in [2.24, 2.45) is 0 Å². The fourth-order valence-electron chi connectivity index (χ4n) is 1.97. The van der Waals surface area contributed by atoms with Gasteiger partial charge in [-0.3, -0.25) is 4.79 Å². The smallest absolute Gasteiger partial charge is 0.239 e. The molecule has 4 heteroatoms. The van der Waals surface area contributed by atoms with Gasteiger partial charge in [-0.25, -0.2) is 4.39 Å². The summed E-state index contributed by atoms with van der Waals surface area (Å²) in [7, 11) is 0. The number of rotatable bonds is 5. The molecule has 0 aliphatic carbocycles. The van der Waals surface area contributed by atoms with Crippen LogP contribution in [0, 0.1) is 0 Å². The number of nitrogens with one attached hydrogen (secondary N) is 1. The molecule has 0 aromatic carbocycles. The van der Waals surface area contributed by atoms with Crippen LogP contribution in [0.2, 0.25) is 0 Å². The van der Waals surface area contributed by atoms with Crippen LogP contribution in [0.3, 0.4) is 0 Å². The van der Waals surface area contributed by atoms with Gasteiger partial charge in [0.15, 0.2) is 0 Å². The summed E-state index contributed by atoms with van der Waals surface area (Å²) in [4.78, 5) is 13.8. The van der Waals surface area contributed by atoms with Gasteiger partial charge in [-0.05, 0) is 12.8 Å². The van der Waals surface area contributed by atoms with E-state index in [9.17, 15) is 9.18 Å². The molecule has 0 radical (unpaired) electrons. The maximum Gasteiger partial charge on any atom is 0.239 e. The van der Waals surface area contributed by atoms with E-state index < -0.39 is 6.17 Å². The summed E-state index contributed by atoms with van der Waals surface area (Å²) >= 11 is 0. The third-order valence-electron chi connectivity index (χ3n) is 2.67. The molecule has 1 aliphatic rings. The minimum atomic E-state index is -0.857. The zero-order valence-electron chi connectivity index (χ0n) is 9.63. The molecule has 3 nitrogen and oxygen atoms in total. The normalized spacial score (nSPS) is 25.5. The first-order chi connectivity index (χ1) is 7.19. The second-order valence-corrected chi connectivity index (χ2v) is 4.12. The first-order valence-corrected chi connectivity index (χ1v) is 5.85. The molecular weight excluding hydrogens is 195 g/mol. The summed E-state index contributed by atoms with van der Waals surface area (Å²) in [6, 6.07) is -0.293. The van der Waals surface area contributed by atoms with Crippen LogP contribution in [0.4, 0.5) is 4.39 Å². The molecular formula is C11H21FN2O. The maximum absolute atomic E-state index is 12.9. The Morgan fingerprint density at radius 1 is 1.40 bits per heavy atom. The molecule has 2 atom stereocenters. The summed E-state index contributed by atoms with van der Waals surface area (Å²) in [5, 5.41) is 2.94. The van der Waals surface area contributed by atoms with Gasteiger partial charge in [0.05, 0.1) is 6.04 Å². The van der Waals surface area contributed by atoms with Crippen molar-refractivity contribution in [2.45, 2.75) is 45.3 Å². The van der Waals surface area contributed by atoms with Crippen LogP contribution in [0.15, 0.2) is 0 Å². The Morgan fingerprint density at radius 2 is 2.00 bits per heavy atom. The summed E-state index contributed by atoms with van der Waals surface area (Å²) < 4.78 is 12.9. The van der Waals surface area contributed by atoms with Crippen molar-refractivity contribution in [2.75, 3.05) is 19.6 Å². The van der Waals surface area contributed by atoms with Crippen molar-refractivity contribution >= 4 is 5.91 Å². The van der Waals surface area contributed by atoms with Crippen LogP contribution in [-0.4, -0.2) is 42.7 Å². The Balaban J connectivity index is 2.47. The first-order valence-electron chi connectivity index (χ1n) is 5.85. The average molecular weight is 216 g/mol. The molecule has 0 unspecified atom stereocenters. The third-order valence-corrected chi connectivity index (χ3v) is 2.67. The molecule has 0 aromatic rings. The molecule has 1 rings (SSSR count). The predicted octanol–water partition coefficient (Wildman–Crippen LogP) is 1.33. The molecule has 0 spiro atoms. The van der Waals surface area contributed by atoms with Gasteiger partial charge in [-0.2, -0.15) is 0 Å². The number of hydrogen-bond acceptors (Lipinski definition) is 2. The second kappa shape index (κ2) is 6.05. The van der Waals surface area contributed by atoms with E-state index in [1.165, 1.54) is 0 Å². The number of amides is 1. The number of carbonyl (C=O) groups excluding carboxylic acids is 1. The number of alkyl halides is 1. The number of hydrogen-bond donors (Lipinski definition) is 1. The lowest BCUT2D eigenvalue weighted by Crippen LogP contribution is -2.44. The molecule has 15 heavy (non-hydrogen) atoms. The van der Waals surface area contributed by atoms with Crippen molar-refractivity contribution in [3.05, 3.63) is 0 Å². The van der Waals surface area contributed by atoms with E-state index in [1.807, 2.05) is 4.90 Å². The van der Waals surface area contributed by atoms with Crippen molar-refractivity contribution in [3.63, 3.8) is 0 Å². The highest BCUT2D eigenvalue weighted by Crippen LogP contribution is 2.13. The van der Waals surface area contributed by atoms with Crippen LogP contribution in [0.1, 0.15) is 33.1 Å². The number of carbonyl (C=O) groups is 1. The Kier molecular flexibility index (Phi) is 5.02. The zero-order valence-corrected chi connectivity index (χ0v) is 9.63. The van der Waals surface area contributed by atoms with Crippen molar-refractivity contribution in [3.8, 4) is 0 Å². The Hall–Kier alpha value is -0.640. The molecule has 88 valence electrons. The van der Waals surface area contributed by atoms with Gasteiger partial charge >= 0.3 is 0 Å². The molecule has 0 bridgehead atoms. The lowest BCUT2D eigenvalue weighted by Gasteiger charge is -2.24. The van der Waals surface area contributed by atoms with Crippen molar-refractivity contribution in [1.29, 1.82) is 0 Å².